The number of carbonyl (C=O) groups excluding carboxylic acids is 1. The van der Waals surface area contributed by atoms with Gasteiger partial charge in [-0.3, -0.25) is 14.9 Å². The number of nitro groups is 1. The second-order valence-corrected chi connectivity index (χ2v) is 7.32. The molecule has 0 radical (unpaired) electrons. The Bertz CT molecular complexity index is 1250. The van der Waals surface area contributed by atoms with Crippen molar-refractivity contribution < 1.29 is 19.2 Å². The quantitative estimate of drug-likeness (QED) is 0.291. The number of hydrogen-bond acceptors (Lipinski definition) is 6. The molecule has 33 heavy (non-hydrogen) atoms. The maximum Gasteiger partial charge on any atom is 0.280 e. The lowest BCUT2D eigenvalue weighted by molar-refractivity contribution is -0.384. The average Bonchev–Trinajstić information content (AvgIpc) is 3.12. The molecule has 1 amide bonds. The van der Waals surface area contributed by atoms with Gasteiger partial charge in [-0.05, 0) is 60.5 Å². The molecule has 0 saturated heterocycles. The topological polar surface area (TPSA) is 94.3 Å². The number of nitro benzene ring substituents is 1. The fourth-order valence-corrected chi connectivity index (χ4v) is 3.36. The smallest absolute Gasteiger partial charge is 0.280 e. The summed E-state index contributed by atoms with van der Waals surface area (Å²) in [7, 11) is 1.54. The van der Waals surface area contributed by atoms with Crippen LogP contribution in [0, 0.1) is 10.1 Å². The fourth-order valence-electron chi connectivity index (χ4n) is 3.36. The van der Waals surface area contributed by atoms with Gasteiger partial charge in [0.1, 0.15) is 6.61 Å². The van der Waals surface area contributed by atoms with Crippen LogP contribution in [0.3, 0.4) is 0 Å². The largest absolute Gasteiger partial charge is 0.493 e. The number of methoxy groups -OCH3 is 1. The number of hydrazone groups is 1. The van der Waals surface area contributed by atoms with E-state index in [4.69, 9.17) is 9.47 Å². The van der Waals surface area contributed by atoms with Crippen LogP contribution in [0.2, 0.25) is 0 Å². The van der Waals surface area contributed by atoms with E-state index >= 15 is 0 Å². The SMILES string of the molecule is COc1cc(C=C2C(=O)N(c3ccccc3)N=C2C)ccc1OCc1ccc([N+](=O)[O-])cc1. The molecule has 4 rings (SSSR count). The molecule has 0 atom stereocenters. The van der Waals surface area contributed by atoms with Gasteiger partial charge < -0.3 is 9.47 Å². The van der Waals surface area contributed by atoms with E-state index in [2.05, 4.69) is 5.10 Å². The summed E-state index contributed by atoms with van der Waals surface area (Å²) in [5.74, 6) is 0.828. The predicted molar refractivity (Wildman–Crippen MR) is 125 cm³/mol. The van der Waals surface area contributed by atoms with Gasteiger partial charge in [0.2, 0.25) is 0 Å². The van der Waals surface area contributed by atoms with Crippen LogP contribution < -0.4 is 14.5 Å². The van der Waals surface area contributed by atoms with Crippen molar-refractivity contribution in [1.29, 1.82) is 0 Å². The molecule has 0 bridgehead atoms. The minimum atomic E-state index is -0.443. The van der Waals surface area contributed by atoms with E-state index in [9.17, 15) is 14.9 Å². The van der Waals surface area contributed by atoms with Crippen molar-refractivity contribution in [3.05, 3.63) is 99.6 Å². The number of amides is 1. The van der Waals surface area contributed by atoms with Gasteiger partial charge >= 0.3 is 0 Å². The summed E-state index contributed by atoms with van der Waals surface area (Å²) in [5, 5.41) is 16.6. The highest BCUT2D eigenvalue weighted by molar-refractivity contribution is 6.32. The van der Waals surface area contributed by atoms with Gasteiger partial charge in [0.05, 0.1) is 29.0 Å². The Labute approximate surface area is 190 Å². The number of nitrogens with zero attached hydrogens (tertiary/aromatic N) is 3. The molecular weight excluding hydrogens is 422 g/mol. The molecule has 0 aromatic heterocycles. The molecule has 1 heterocycles. The zero-order valence-corrected chi connectivity index (χ0v) is 18.1. The van der Waals surface area contributed by atoms with Crippen LogP contribution in [0.1, 0.15) is 18.1 Å². The van der Waals surface area contributed by atoms with Gasteiger partial charge in [0.15, 0.2) is 11.5 Å². The summed E-state index contributed by atoms with van der Waals surface area (Å²) in [6, 6.07) is 20.8. The summed E-state index contributed by atoms with van der Waals surface area (Å²) >= 11 is 0. The Kier molecular flexibility index (Phi) is 6.17. The number of anilines is 1. The fraction of sp³-hybridized carbons (Fsp3) is 0.120. The Morgan fingerprint density at radius 2 is 1.76 bits per heavy atom. The van der Waals surface area contributed by atoms with Gasteiger partial charge in [0, 0.05) is 12.1 Å². The van der Waals surface area contributed by atoms with Crippen LogP contribution >= 0.6 is 0 Å². The van der Waals surface area contributed by atoms with Crippen molar-refractivity contribution in [1.82, 2.24) is 0 Å². The highest BCUT2D eigenvalue weighted by Gasteiger charge is 2.28. The van der Waals surface area contributed by atoms with Gasteiger partial charge in [-0.15, -0.1) is 0 Å². The van der Waals surface area contributed by atoms with Gasteiger partial charge in [-0.25, -0.2) is 0 Å². The zero-order valence-electron chi connectivity index (χ0n) is 18.1. The third-order valence-corrected chi connectivity index (χ3v) is 5.10. The summed E-state index contributed by atoms with van der Waals surface area (Å²) < 4.78 is 11.3. The number of hydrogen-bond donors (Lipinski definition) is 0. The van der Waals surface area contributed by atoms with Crippen LogP contribution in [0.25, 0.3) is 6.08 Å². The van der Waals surface area contributed by atoms with E-state index in [1.807, 2.05) is 36.4 Å². The molecule has 0 aliphatic carbocycles. The lowest BCUT2D eigenvalue weighted by Crippen LogP contribution is -2.21. The number of non-ortho nitro benzene ring substituents is 1. The summed E-state index contributed by atoms with van der Waals surface area (Å²) in [4.78, 5) is 23.3. The van der Waals surface area contributed by atoms with Crippen molar-refractivity contribution in [3.8, 4) is 11.5 Å². The Morgan fingerprint density at radius 3 is 2.42 bits per heavy atom. The molecule has 0 saturated carbocycles. The molecule has 1 aliphatic rings. The third kappa shape index (κ3) is 4.74. The van der Waals surface area contributed by atoms with Crippen molar-refractivity contribution in [2.24, 2.45) is 5.10 Å². The standard InChI is InChI=1S/C25H21N3O5/c1-17-22(25(29)27(26-17)20-6-4-3-5-7-20)14-19-10-13-23(24(15-19)32-2)33-16-18-8-11-21(12-9-18)28(30)31/h3-15H,16H2,1-2H3. The van der Waals surface area contributed by atoms with Crippen LogP contribution in [-0.2, 0) is 11.4 Å². The Morgan fingerprint density at radius 1 is 1.03 bits per heavy atom. The molecular formula is C25H21N3O5. The molecule has 0 fully saturated rings. The van der Waals surface area contributed by atoms with Crippen molar-refractivity contribution in [2.75, 3.05) is 12.1 Å². The van der Waals surface area contributed by atoms with Gasteiger partial charge in [-0.1, -0.05) is 24.3 Å². The van der Waals surface area contributed by atoms with E-state index in [1.165, 1.54) is 24.3 Å². The van der Waals surface area contributed by atoms with Crippen LogP contribution in [0.15, 0.2) is 83.5 Å². The molecule has 1 aliphatic heterocycles. The number of carbonyl (C=O) groups is 1. The second kappa shape index (κ2) is 9.35. The minimum Gasteiger partial charge on any atom is -0.493 e. The summed E-state index contributed by atoms with van der Waals surface area (Å²) in [5.41, 5.74) is 3.42. The monoisotopic (exact) mass is 443 g/mol. The Hall–Kier alpha value is -4.46. The van der Waals surface area contributed by atoms with Gasteiger partial charge in [0.25, 0.3) is 11.6 Å². The zero-order chi connectivity index (χ0) is 23.4. The van der Waals surface area contributed by atoms with Gasteiger partial charge in [-0.2, -0.15) is 10.1 Å². The molecule has 8 heteroatoms. The average molecular weight is 443 g/mol. The van der Waals surface area contributed by atoms with E-state index < -0.39 is 4.92 Å². The first-order valence-corrected chi connectivity index (χ1v) is 10.2. The lowest BCUT2D eigenvalue weighted by atomic mass is 10.1. The lowest BCUT2D eigenvalue weighted by Gasteiger charge is -2.12. The van der Waals surface area contributed by atoms with Crippen LogP contribution in [-0.4, -0.2) is 23.7 Å². The van der Waals surface area contributed by atoms with Crippen molar-refractivity contribution in [3.63, 3.8) is 0 Å². The third-order valence-electron chi connectivity index (χ3n) is 5.10. The molecule has 0 unspecified atom stereocenters. The van der Waals surface area contributed by atoms with E-state index in [0.29, 0.717) is 28.5 Å². The molecule has 3 aromatic carbocycles. The molecule has 0 N–H and O–H groups in total. The normalized spacial score (nSPS) is 14.4. The first-order valence-electron chi connectivity index (χ1n) is 10.2. The predicted octanol–water partition coefficient (Wildman–Crippen LogP) is 4.99. The summed E-state index contributed by atoms with van der Waals surface area (Å²) in [6.07, 6.45) is 1.77. The summed E-state index contributed by atoms with van der Waals surface area (Å²) in [6.45, 7) is 2.02. The molecule has 166 valence electrons. The second-order valence-electron chi connectivity index (χ2n) is 7.32. The highest BCUT2D eigenvalue weighted by atomic mass is 16.6. The number of benzene rings is 3. The first kappa shape index (κ1) is 21.8. The number of ether oxygens (including phenoxy) is 2. The van der Waals surface area contributed by atoms with E-state index in [-0.39, 0.29) is 18.2 Å². The van der Waals surface area contributed by atoms with E-state index in [1.54, 1.807) is 37.3 Å². The van der Waals surface area contributed by atoms with Crippen LogP contribution in [0.5, 0.6) is 11.5 Å². The van der Waals surface area contributed by atoms with E-state index in [0.717, 1.165) is 11.1 Å². The highest BCUT2D eigenvalue weighted by Crippen LogP contribution is 2.31. The van der Waals surface area contributed by atoms with Crippen molar-refractivity contribution >= 4 is 29.1 Å². The van der Waals surface area contributed by atoms with Crippen molar-refractivity contribution in [2.45, 2.75) is 13.5 Å². The number of para-hydroxylation sites is 1. The maximum absolute atomic E-state index is 12.9. The first-order chi connectivity index (χ1) is 16.0. The molecule has 3 aromatic rings. The van der Waals surface area contributed by atoms with Crippen LogP contribution in [0.4, 0.5) is 11.4 Å². The molecule has 8 nitrogen and oxygen atoms in total. The molecule has 0 spiro atoms. The minimum absolute atomic E-state index is 0.0276. The number of rotatable bonds is 7. The maximum atomic E-state index is 12.9. The Balaban J connectivity index is 1.51.